The largest absolute Gasteiger partial charge is 0.396 e. The van der Waals surface area contributed by atoms with Crippen molar-refractivity contribution < 1.29 is 17.7 Å². The van der Waals surface area contributed by atoms with Crippen LogP contribution in [0.15, 0.2) is 29.2 Å². The Bertz CT molecular complexity index is 652. The van der Waals surface area contributed by atoms with Gasteiger partial charge in [-0.2, -0.15) is 8.42 Å². The SMILES string of the molecule is CC1CCC(CO)CC1.Cc1ccc(S(=O)(=O)OCC2CCC(C)CC2)cc1. The molecule has 2 aliphatic rings. The van der Waals surface area contributed by atoms with Gasteiger partial charge in [-0.05, 0) is 68.4 Å². The van der Waals surface area contributed by atoms with Crippen molar-refractivity contribution in [2.24, 2.45) is 23.7 Å². The van der Waals surface area contributed by atoms with E-state index < -0.39 is 10.1 Å². The molecule has 0 heterocycles. The van der Waals surface area contributed by atoms with Gasteiger partial charge in [0, 0.05) is 6.61 Å². The van der Waals surface area contributed by atoms with Gasteiger partial charge in [-0.25, -0.2) is 0 Å². The van der Waals surface area contributed by atoms with Crippen LogP contribution in [-0.4, -0.2) is 26.7 Å². The molecule has 1 aromatic rings. The first-order chi connectivity index (χ1) is 13.3. The summed E-state index contributed by atoms with van der Waals surface area (Å²) in [4.78, 5) is 0.252. The van der Waals surface area contributed by atoms with E-state index in [4.69, 9.17) is 9.29 Å². The maximum atomic E-state index is 12.0. The first kappa shape index (κ1) is 23.4. The average molecular weight is 411 g/mol. The fraction of sp³-hybridized carbons (Fsp3) is 0.739. The van der Waals surface area contributed by atoms with Crippen LogP contribution < -0.4 is 0 Å². The molecule has 4 nitrogen and oxygen atoms in total. The zero-order chi connectivity index (χ0) is 20.6. The minimum atomic E-state index is -3.59. The number of rotatable bonds is 5. The summed E-state index contributed by atoms with van der Waals surface area (Å²) in [5, 5.41) is 8.78. The maximum absolute atomic E-state index is 12.0. The lowest BCUT2D eigenvalue weighted by Crippen LogP contribution is -2.19. The summed E-state index contributed by atoms with van der Waals surface area (Å²) in [7, 11) is -3.59. The van der Waals surface area contributed by atoms with Gasteiger partial charge in [-0.3, -0.25) is 4.18 Å². The number of hydrogen-bond donors (Lipinski definition) is 1. The minimum absolute atomic E-state index is 0.252. The lowest BCUT2D eigenvalue weighted by atomic mass is 9.83. The van der Waals surface area contributed by atoms with Gasteiger partial charge in [0.1, 0.15) is 0 Å². The molecular formula is C23H38O4S. The van der Waals surface area contributed by atoms with E-state index in [-0.39, 0.29) is 4.90 Å². The molecule has 0 aromatic heterocycles. The van der Waals surface area contributed by atoms with E-state index in [0.717, 1.165) is 30.2 Å². The molecule has 1 aromatic carbocycles. The predicted octanol–water partition coefficient (Wildman–Crippen LogP) is 5.33. The summed E-state index contributed by atoms with van der Waals surface area (Å²) < 4.78 is 29.3. The Morgan fingerprint density at radius 1 is 0.857 bits per heavy atom. The van der Waals surface area contributed by atoms with Crippen molar-refractivity contribution in [2.45, 2.75) is 77.0 Å². The normalized spacial score (nSPS) is 28.3. The highest BCUT2D eigenvalue weighted by atomic mass is 32.2. The zero-order valence-electron chi connectivity index (χ0n) is 17.8. The highest BCUT2D eigenvalue weighted by Crippen LogP contribution is 2.29. The molecule has 0 bridgehead atoms. The van der Waals surface area contributed by atoms with Crippen molar-refractivity contribution in [1.29, 1.82) is 0 Å². The Labute approximate surface area is 171 Å². The van der Waals surface area contributed by atoms with E-state index in [1.54, 1.807) is 24.3 Å². The molecule has 0 radical (unpaired) electrons. The molecule has 0 atom stereocenters. The van der Waals surface area contributed by atoms with Crippen molar-refractivity contribution in [1.82, 2.24) is 0 Å². The van der Waals surface area contributed by atoms with Gasteiger partial charge in [0.15, 0.2) is 0 Å². The lowest BCUT2D eigenvalue weighted by molar-refractivity contribution is 0.172. The molecule has 3 rings (SSSR count). The van der Waals surface area contributed by atoms with E-state index in [2.05, 4.69) is 13.8 Å². The first-order valence-electron chi connectivity index (χ1n) is 10.9. The lowest BCUT2D eigenvalue weighted by Gasteiger charge is -2.25. The number of hydrogen-bond acceptors (Lipinski definition) is 4. The van der Waals surface area contributed by atoms with Gasteiger partial charge in [-0.15, -0.1) is 0 Å². The maximum Gasteiger partial charge on any atom is 0.296 e. The second kappa shape index (κ2) is 11.3. The highest BCUT2D eigenvalue weighted by Gasteiger charge is 2.22. The Morgan fingerprint density at radius 2 is 1.32 bits per heavy atom. The molecular weight excluding hydrogens is 372 g/mol. The predicted molar refractivity (Wildman–Crippen MR) is 114 cm³/mol. The second-order valence-corrected chi connectivity index (χ2v) is 10.6. The third-order valence-corrected chi connectivity index (χ3v) is 7.59. The third-order valence-electron chi connectivity index (χ3n) is 6.30. The first-order valence-corrected chi connectivity index (χ1v) is 12.3. The highest BCUT2D eigenvalue weighted by molar-refractivity contribution is 7.86. The van der Waals surface area contributed by atoms with E-state index in [1.807, 2.05) is 6.92 Å². The van der Waals surface area contributed by atoms with Gasteiger partial charge in [0.2, 0.25) is 0 Å². The molecule has 1 N–H and O–H groups in total. The molecule has 28 heavy (non-hydrogen) atoms. The van der Waals surface area contributed by atoms with Crippen LogP contribution in [0.2, 0.25) is 0 Å². The van der Waals surface area contributed by atoms with Crippen molar-refractivity contribution in [3.8, 4) is 0 Å². The van der Waals surface area contributed by atoms with Crippen LogP contribution in [0.1, 0.15) is 70.8 Å². The van der Waals surface area contributed by atoms with E-state index in [9.17, 15) is 8.42 Å². The van der Waals surface area contributed by atoms with Crippen molar-refractivity contribution >= 4 is 10.1 Å². The molecule has 0 aliphatic heterocycles. The van der Waals surface area contributed by atoms with Gasteiger partial charge in [0.05, 0.1) is 11.5 Å². The van der Waals surface area contributed by atoms with Crippen LogP contribution in [-0.2, 0) is 14.3 Å². The van der Waals surface area contributed by atoms with E-state index in [1.165, 1.54) is 38.5 Å². The smallest absolute Gasteiger partial charge is 0.296 e. The number of benzene rings is 1. The van der Waals surface area contributed by atoms with E-state index >= 15 is 0 Å². The Balaban J connectivity index is 0.000000261. The van der Waals surface area contributed by atoms with Crippen molar-refractivity contribution in [2.75, 3.05) is 13.2 Å². The van der Waals surface area contributed by atoms with Crippen LogP contribution >= 0.6 is 0 Å². The Morgan fingerprint density at radius 3 is 1.79 bits per heavy atom. The quantitative estimate of drug-likeness (QED) is 0.666. The van der Waals surface area contributed by atoms with Gasteiger partial charge in [-0.1, -0.05) is 57.2 Å². The van der Waals surface area contributed by atoms with Crippen LogP contribution in [0.25, 0.3) is 0 Å². The number of aryl methyl sites for hydroxylation is 1. The van der Waals surface area contributed by atoms with Gasteiger partial charge in [0.25, 0.3) is 10.1 Å². The van der Waals surface area contributed by atoms with Gasteiger partial charge >= 0.3 is 0 Å². The summed E-state index contributed by atoms with van der Waals surface area (Å²) >= 11 is 0. The summed E-state index contributed by atoms with van der Waals surface area (Å²) in [6.45, 7) is 7.21. The molecule has 0 saturated heterocycles. The number of aliphatic hydroxyl groups is 1. The fourth-order valence-electron chi connectivity index (χ4n) is 3.97. The molecule has 2 fully saturated rings. The number of aliphatic hydroxyl groups excluding tert-OH is 1. The van der Waals surface area contributed by atoms with Crippen molar-refractivity contribution in [3.63, 3.8) is 0 Å². The Hall–Kier alpha value is -0.910. The summed E-state index contributed by atoms with van der Waals surface area (Å²) in [6.07, 6.45) is 9.65. The average Bonchev–Trinajstić information content (AvgIpc) is 2.69. The van der Waals surface area contributed by atoms with Crippen LogP contribution in [0.5, 0.6) is 0 Å². The molecule has 160 valence electrons. The zero-order valence-corrected chi connectivity index (χ0v) is 18.6. The van der Waals surface area contributed by atoms with Crippen molar-refractivity contribution in [3.05, 3.63) is 29.8 Å². The fourth-order valence-corrected chi connectivity index (χ4v) is 4.94. The molecule has 5 heteroatoms. The van der Waals surface area contributed by atoms with E-state index in [0.29, 0.717) is 25.0 Å². The van der Waals surface area contributed by atoms with Gasteiger partial charge < -0.3 is 5.11 Å². The summed E-state index contributed by atoms with van der Waals surface area (Å²) in [5.41, 5.74) is 1.04. The van der Waals surface area contributed by atoms with Crippen LogP contribution in [0.4, 0.5) is 0 Å². The Kier molecular flexibility index (Phi) is 9.45. The molecule has 2 saturated carbocycles. The minimum Gasteiger partial charge on any atom is -0.396 e. The summed E-state index contributed by atoms with van der Waals surface area (Å²) in [6, 6.07) is 6.79. The van der Waals surface area contributed by atoms with Crippen LogP contribution in [0.3, 0.4) is 0 Å². The topological polar surface area (TPSA) is 63.6 Å². The molecule has 0 spiro atoms. The molecule has 0 unspecified atom stereocenters. The molecule has 2 aliphatic carbocycles. The van der Waals surface area contributed by atoms with Crippen LogP contribution in [0, 0.1) is 30.6 Å². The molecule has 0 amide bonds. The second-order valence-electron chi connectivity index (χ2n) is 8.99. The monoisotopic (exact) mass is 410 g/mol. The third kappa shape index (κ3) is 7.84. The standard InChI is InChI=1S/C15H22O3S.C8H16O/c1-12-3-7-14(8-4-12)11-18-19(16,17)15-9-5-13(2)6-10-15;1-7-2-4-8(6-9)5-3-7/h5-6,9-10,12,14H,3-4,7-8,11H2,1-2H3;7-9H,2-6H2,1H3. The summed E-state index contributed by atoms with van der Waals surface area (Å²) in [5.74, 6) is 2.69.